The van der Waals surface area contributed by atoms with Gasteiger partial charge in [0.05, 0.1) is 12.0 Å². The molecular formula is C33H34FN3O. The van der Waals surface area contributed by atoms with Gasteiger partial charge in [-0.3, -0.25) is 4.79 Å². The van der Waals surface area contributed by atoms with Crippen LogP contribution in [0.5, 0.6) is 0 Å². The van der Waals surface area contributed by atoms with E-state index in [1.54, 1.807) is 18.2 Å². The molecule has 1 heterocycles. The fourth-order valence-electron chi connectivity index (χ4n) is 5.89. The SMILES string of the molecule is Cc1cn(-c2ccc(/C=C/C(=O)NCCCC3(c4ccc(F)cc4)CCc4c(C)cccc43)cc2C)cn1. The van der Waals surface area contributed by atoms with Crippen molar-refractivity contribution in [3.05, 3.63) is 124 Å². The quantitative estimate of drug-likeness (QED) is 0.211. The average Bonchev–Trinajstić information content (AvgIpc) is 3.51. The lowest BCUT2D eigenvalue weighted by Crippen LogP contribution is -2.28. The predicted molar refractivity (Wildman–Crippen MR) is 151 cm³/mol. The summed E-state index contributed by atoms with van der Waals surface area (Å²) >= 11 is 0. The molecule has 0 fully saturated rings. The molecule has 1 unspecified atom stereocenters. The van der Waals surface area contributed by atoms with Crippen molar-refractivity contribution in [1.82, 2.24) is 14.9 Å². The van der Waals surface area contributed by atoms with Gasteiger partial charge in [0.2, 0.25) is 5.91 Å². The van der Waals surface area contributed by atoms with E-state index >= 15 is 0 Å². The Morgan fingerprint density at radius 2 is 1.89 bits per heavy atom. The first-order valence-electron chi connectivity index (χ1n) is 13.3. The zero-order valence-electron chi connectivity index (χ0n) is 22.3. The molecule has 0 saturated heterocycles. The molecule has 4 aromatic rings. The summed E-state index contributed by atoms with van der Waals surface area (Å²) in [6.07, 6.45) is 11.0. The summed E-state index contributed by atoms with van der Waals surface area (Å²) in [6, 6.07) is 19.6. The maximum atomic E-state index is 13.7. The molecule has 194 valence electrons. The molecule has 1 N–H and O–H groups in total. The zero-order valence-corrected chi connectivity index (χ0v) is 22.3. The van der Waals surface area contributed by atoms with Crippen LogP contribution in [0.2, 0.25) is 0 Å². The van der Waals surface area contributed by atoms with Crippen LogP contribution in [0.4, 0.5) is 4.39 Å². The second-order valence-electron chi connectivity index (χ2n) is 10.4. The fraction of sp³-hybridized carbons (Fsp3) is 0.273. The minimum Gasteiger partial charge on any atom is -0.353 e. The molecule has 1 aliphatic carbocycles. The highest BCUT2D eigenvalue weighted by Crippen LogP contribution is 2.48. The highest BCUT2D eigenvalue weighted by Gasteiger charge is 2.40. The zero-order chi connectivity index (χ0) is 26.7. The van der Waals surface area contributed by atoms with Gasteiger partial charge in [0.15, 0.2) is 0 Å². The number of benzene rings is 3. The molecule has 0 bridgehead atoms. The molecule has 0 radical (unpaired) electrons. The van der Waals surface area contributed by atoms with Crippen LogP contribution >= 0.6 is 0 Å². The minimum atomic E-state index is -0.216. The maximum absolute atomic E-state index is 13.7. The number of hydrogen-bond acceptors (Lipinski definition) is 2. The number of aryl methyl sites for hydroxylation is 3. The number of carbonyl (C=O) groups excluding carboxylic acids is 1. The molecule has 5 rings (SSSR count). The largest absolute Gasteiger partial charge is 0.353 e. The van der Waals surface area contributed by atoms with E-state index in [9.17, 15) is 9.18 Å². The molecule has 1 aromatic heterocycles. The lowest BCUT2D eigenvalue weighted by Gasteiger charge is -2.32. The van der Waals surface area contributed by atoms with E-state index in [2.05, 4.69) is 48.4 Å². The summed E-state index contributed by atoms with van der Waals surface area (Å²) in [5, 5.41) is 3.05. The van der Waals surface area contributed by atoms with Gasteiger partial charge < -0.3 is 9.88 Å². The van der Waals surface area contributed by atoms with Crippen LogP contribution in [0.1, 0.15) is 58.3 Å². The van der Waals surface area contributed by atoms with Crippen molar-refractivity contribution in [2.75, 3.05) is 6.54 Å². The van der Waals surface area contributed by atoms with E-state index in [0.29, 0.717) is 6.54 Å². The van der Waals surface area contributed by atoms with Gasteiger partial charge in [0.1, 0.15) is 5.82 Å². The Morgan fingerprint density at radius 1 is 1.08 bits per heavy atom. The van der Waals surface area contributed by atoms with E-state index < -0.39 is 0 Å². The van der Waals surface area contributed by atoms with Gasteiger partial charge >= 0.3 is 0 Å². The number of amides is 1. The van der Waals surface area contributed by atoms with E-state index in [-0.39, 0.29) is 17.1 Å². The van der Waals surface area contributed by atoms with Crippen molar-refractivity contribution in [2.24, 2.45) is 0 Å². The Morgan fingerprint density at radius 3 is 2.63 bits per heavy atom. The van der Waals surface area contributed by atoms with Crippen LogP contribution < -0.4 is 5.32 Å². The summed E-state index contributed by atoms with van der Waals surface area (Å²) in [5.41, 5.74) is 9.21. The number of aromatic nitrogens is 2. The maximum Gasteiger partial charge on any atom is 0.243 e. The van der Waals surface area contributed by atoms with Gasteiger partial charge in [-0.1, -0.05) is 36.4 Å². The Labute approximate surface area is 224 Å². The summed E-state index contributed by atoms with van der Waals surface area (Å²) in [6.45, 7) is 6.78. The first kappa shape index (κ1) is 25.7. The van der Waals surface area contributed by atoms with Gasteiger partial charge in [-0.05, 0) is 110 Å². The Bertz CT molecular complexity index is 1480. The second kappa shape index (κ2) is 10.8. The van der Waals surface area contributed by atoms with Gasteiger partial charge in [-0.2, -0.15) is 0 Å². The van der Waals surface area contributed by atoms with Crippen LogP contribution in [0.25, 0.3) is 11.8 Å². The number of carbonyl (C=O) groups is 1. The van der Waals surface area contributed by atoms with Crippen LogP contribution in [0.15, 0.2) is 79.3 Å². The van der Waals surface area contributed by atoms with E-state index in [1.807, 2.05) is 54.4 Å². The Kier molecular flexibility index (Phi) is 7.28. The number of fused-ring (bicyclic) bond motifs is 1. The summed E-state index contributed by atoms with van der Waals surface area (Å²) < 4.78 is 15.7. The summed E-state index contributed by atoms with van der Waals surface area (Å²) in [4.78, 5) is 16.9. The van der Waals surface area contributed by atoms with Crippen LogP contribution in [0.3, 0.4) is 0 Å². The third kappa shape index (κ3) is 5.19. The van der Waals surface area contributed by atoms with E-state index in [0.717, 1.165) is 53.8 Å². The molecule has 4 nitrogen and oxygen atoms in total. The average molecular weight is 508 g/mol. The summed E-state index contributed by atoms with van der Waals surface area (Å²) in [5.74, 6) is -0.317. The van der Waals surface area contributed by atoms with Crippen molar-refractivity contribution in [3.8, 4) is 5.69 Å². The van der Waals surface area contributed by atoms with Crippen LogP contribution in [0, 0.1) is 26.6 Å². The van der Waals surface area contributed by atoms with E-state index in [4.69, 9.17) is 0 Å². The molecule has 5 heteroatoms. The molecule has 0 spiro atoms. The van der Waals surface area contributed by atoms with Crippen molar-refractivity contribution >= 4 is 12.0 Å². The number of nitrogens with one attached hydrogen (secondary N) is 1. The molecule has 1 amide bonds. The molecule has 1 atom stereocenters. The first-order valence-corrected chi connectivity index (χ1v) is 13.3. The van der Waals surface area contributed by atoms with Crippen molar-refractivity contribution < 1.29 is 9.18 Å². The van der Waals surface area contributed by atoms with Gasteiger partial charge in [0, 0.05) is 29.9 Å². The summed E-state index contributed by atoms with van der Waals surface area (Å²) in [7, 11) is 0. The number of hydrogen-bond donors (Lipinski definition) is 1. The third-order valence-corrected chi connectivity index (χ3v) is 7.84. The van der Waals surface area contributed by atoms with E-state index in [1.165, 1.54) is 16.7 Å². The topological polar surface area (TPSA) is 46.9 Å². The number of nitrogens with zero attached hydrogens (tertiary/aromatic N) is 2. The molecule has 3 aromatic carbocycles. The van der Waals surface area contributed by atoms with Crippen molar-refractivity contribution in [3.63, 3.8) is 0 Å². The highest BCUT2D eigenvalue weighted by molar-refractivity contribution is 5.91. The van der Waals surface area contributed by atoms with Gasteiger partial charge in [-0.25, -0.2) is 9.37 Å². The Hall–Kier alpha value is -3.99. The number of halogens is 1. The van der Waals surface area contributed by atoms with Gasteiger partial charge in [-0.15, -0.1) is 0 Å². The van der Waals surface area contributed by atoms with Crippen LogP contribution in [-0.2, 0) is 16.6 Å². The number of rotatable bonds is 8. The smallest absolute Gasteiger partial charge is 0.243 e. The highest BCUT2D eigenvalue weighted by atomic mass is 19.1. The molecule has 1 aliphatic rings. The third-order valence-electron chi connectivity index (χ3n) is 7.84. The lowest BCUT2D eigenvalue weighted by molar-refractivity contribution is -0.116. The molecule has 0 aliphatic heterocycles. The lowest BCUT2D eigenvalue weighted by atomic mass is 9.72. The number of imidazole rings is 1. The second-order valence-corrected chi connectivity index (χ2v) is 10.4. The fourth-order valence-corrected chi connectivity index (χ4v) is 5.89. The molecule has 38 heavy (non-hydrogen) atoms. The molecule has 0 saturated carbocycles. The predicted octanol–water partition coefficient (Wildman–Crippen LogP) is 6.78. The van der Waals surface area contributed by atoms with Crippen molar-refractivity contribution in [1.29, 1.82) is 0 Å². The Balaban J connectivity index is 1.22. The first-order chi connectivity index (χ1) is 18.4. The standard InChI is InChI=1S/C33H34FN3O/c1-23-6-4-7-30-29(23)16-18-33(30,27-10-12-28(34)13-11-27)17-5-19-35-32(38)15-9-26-8-14-31(24(2)20-26)37-21-25(3)36-22-37/h4,6-15,20-22H,5,16-19H2,1-3H3,(H,35,38)/b15-9+. The monoisotopic (exact) mass is 507 g/mol. The van der Waals surface area contributed by atoms with Crippen LogP contribution in [-0.4, -0.2) is 22.0 Å². The van der Waals surface area contributed by atoms with Gasteiger partial charge in [0.25, 0.3) is 0 Å². The van der Waals surface area contributed by atoms with Crippen molar-refractivity contribution in [2.45, 2.75) is 51.9 Å². The normalized spacial score (nSPS) is 16.6. The minimum absolute atomic E-state index is 0.101. The molecular weight excluding hydrogens is 473 g/mol.